The summed E-state index contributed by atoms with van der Waals surface area (Å²) in [6, 6.07) is 14.2. The van der Waals surface area contributed by atoms with Gasteiger partial charge in [-0.1, -0.05) is 51.1 Å². The van der Waals surface area contributed by atoms with Crippen molar-refractivity contribution in [3.63, 3.8) is 0 Å². The van der Waals surface area contributed by atoms with Crippen LogP contribution in [0.4, 0.5) is 18.9 Å². The molecule has 0 spiro atoms. The van der Waals surface area contributed by atoms with Gasteiger partial charge in [0.05, 0.1) is 6.61 Å². The molecule has 0 saturated carbocycles. The van der Waals surface area contributed by atoms with E-state index in [2.05, 4.69) is 26.1 Å². The second-order valence-electron chi connectivity index (χ2n) is 8.11. The van der Waals surface area contributed by atoms with E-state index in [1.165, 1.54) is 11.6 Å². The summed E-state index contributed by atoms with van der Waals surface area (Å²) >= 11 is 0. The lowest BCUT2D eigenvalue weighted by Crippen LogP contribution is -2.36. The number of halogens is 3. The number of rotatable bonds is 8. The summed E-state index contributed by atoms with van der Waals surface area (Å²) in [5.41, 5.74) is 1.99. The lowest BCUT2D eigenvalue weighted by Gasteiger charge is -2.19. The Hall–Kier alpha value is -3.03. The molecule has 0 unspecified atom stereocenters. The average Bonchev–Trinajstić information content (AvgIpc) is 2.69. The maximum atomic E-state index is 12.3. The maximum absolute atomic E-state index is 12.3. The largest absolute Gasteiger partial charge is 0.494 e. The Balaban J connectivity index is 1.79. The number of nitrogens with one attached hydrogen (secondary N) is 2. The summed E-state index contributed by atoms with van der Waals surface area (Å²) in [5.74, 6) is -1.60. The number of alkyl halides is 3. The van der Waals surface area contributed by atoms with Crippen LogP contribution in [0.25, 0.3) is 0 Å². The van der Waals surface area contributed by atoms with Crippen molar-refractivity contribution in [3.8, 4) is 5.75 Å². The molecule has 0 aliphatic heterocycles. The van der Waals surface area contributed by atoms with E-state index in [-0.39, 0.29) is 24.3 Å². The van der Waals surface area contributed by atoms with Crippen molar-refractivity contribution in [1.29, 1.82) is 0 Å². The topological polar surface area (TPSA) is 67.4 Å². The highest BCUT2D eigenvalue weighted by atomic mass is 19.4. The highest BCUT2D eigenvalue weighted by molar-refractivity contribution is 5.91. The number of ether oxygens (including phenoxy) is 1. The normalized spacial score (nSPS) is 11.7. The van der Waals surface area contributed by atoms with Crippen molar-refractivity contribution in [2.75, 3.05) is 11.9 Å². The Morgan fingerprint density at radius 1 is 0.968 bits per heavy atom. The molecule has 2 rings (SSSR count). The maximum Gasteiger partial charge on any atom is 0.471 e. The van der Waals surface area contributed by atoms with Crippen molar-refractivity contribution >= 4 is 17.5 Å². The Morgan fingerprint density at radius 2 is 1.61 bits per heavy atom. The average molecular weight is 436 g/mol. The fourth-order valence-corrected chi connectivity index (χ4v) is 2.76. The summed E-state index contributed by atoms with van der Waals surface area (Å²) in [7, 11) is 0. The fraction of sp³-hybridized carbons (Fsp3) is 0.391. The molecular formula is C23H27F3N2O3. The van der Waals surface area contributed by atoms with Gasteiger partial charge in [0.2, 0.25) is 5.91 Å². The Morgan fingerprint density at radius 3 is 2.23 bits per heavy atom. The van der Waals surface area contributed by atoms with Crippen LogP contribution in [0.2, 0.25) is 0 Å². The van der Waals surface area contributed by atoms with E-state index in [4.69, 9.17) is 4.74 Å². The zero-order valence-corrected chi connectivity index (χ0v) is 17.8. The Labute approximate surface area is 180 Å². The van der Waals surface area contributed by atoms with Crippen molar-refractivity contribution in [2.24, 2.45) is 0 Å². The number of hydrogen-bond acceptors (Lipinski definition) is 3. The second kappa shape index (κ2) is 10.3. The van der Waals surface area contributed by atoms with Gasteiger partial charge in [0.15, 0.2) is 0 Å². The van der Waals surface area contributed by atoms with Gasteiger partial charge in [0, 0.05) is 18.7 Å². The molecule has 31 heavy (non-hydrogen) atoms. The van der Waals surface area contributed by atoms with Crippen LogP contribution >= 0.6 is 0 Å². The van der Waals surface area contributed by atoms with Gasteiger partial charge in [-0.15, -0.1) is 0 Å². The number of hydrogen-bond donors (Lipinski definition) is 2. The minimum atomic E-state index is -4.95. The van der Waals surface area contributed by atoms with Gasteiger partial charge in [-0.05, 0) is 41.2 Å². The molecule has 0 aliphatic carbocycles. The molecule has 0 fully saturated rings. The van der Waals surface area contributed by atoms with Gasteiger partial charge < -0.3 is 15.4 Å². The molecule has 168 valence electrons. The van der Waals surface area contributed by atoms with Gasteiger partial charge in [-0.3, -0.25) is 9.59 Å². The molecule has 0 heterocycles. The zero-order chi connectivity index (χ0) is 23.1. The Bertz CT molecular complexity index is 888. The van der Waals surface area contributed by atoms with Gasteiger partial charge in [0.1, 0.15) is 5.75 Å². The van der Waals surface area contributed by atoms with Crippen LogP contribution in [0.3, 0.4) is 0 Å². The number of anilines is 1. The van der Waals surface area contributed by atoms with E-state index in [1.54, 1.807) is 23.5 Å². The summed E-state index contributed by atoms with van der Waals surface area (Å²) in [4.78, 5) is 23.2. The Kier molecular flexibility index (Phi) is 8.08. The molecule has 0 aliphatic rings. The quantitative estimate of drug-likeness (QED) is 0.575. The predicted molar refractivity (Wildman–Crippen MR) is 113 cm³/mol. The first-order valence-electron chi connectivity index (χ1n) is 9.93. The van der Waals surface area contributed by atoms with Crippen LogP contribution in [0.5, 0.6) is 5.75 Å². The van der Waals surface area contributed by atoms with Crippen LogP contribution in [0.15, 0.2) is 48.5 Å². The minimum Gasteiger partial charge on any atom is -0.494 e. The molecule has 5 nitrogen and oxygen atoms in total. The highest BCUT2D eigenvalue weighted by Crippen LogP contribution is 2.24. The molecule has 0 radical (unpaired) electrons. The first kappa shape index (κ1) is 24.2. The van der Waals surface area contributed by atoms with E-state index >= 15 is 0 Å². The molecule has 0 atom stereocenters. The van der Waals surface area contributed by atoms with Gasteiger partial charge in [-0.25, -0.2) is 0 Å². The third-order valence-electron chi connectivity index (χ3n) is 4.53. The molecule has 2 aromatic rings. The van der Waals surface area contributed by atoms with Crippen molar-refractivity contribution in [3.05, 3.63) is 59.7 Å². The lowest BCUT2D eigenvalue weighted by molar-refractivity contribution is -0.173. The summed E-state index contributed by atoms with van der Waals surface area (Å²) in [6.45, 7) is 6.39. The monoisotopic (exact) mass is 436 g/mol. The third-order valence-corrected chi connectivity index (χ3v) is 4.53. The van der Waals surface area contributed by atoms with E-state index in [0.717, 1.165) is 5.75 Å². The van der Waals surface area contributed by atoms with E-state index in [1.807, 2.05) is 24.3 Å². The number of para-hydroxylation sites is 1. The van der Waals surface area contributed by atoms with Crippen molar-refractivity contribution in [1.82, 2.24) is 5.32 Å². The molecule has 2 N–H and O–H groups in total. The SMILES string of the molecule is CC(C)(C)c1ccc(OCCCC(=O)Nc2ccccc2CNC(=O)C(F)(F)F)cc1. The predicted octanol–water partition coefficient (Wildman–Crippen LogP) is 4.96. The van der Waals surface area contributed by atoms with Gasteiger partial charge in [-0.2, -0.15) is 13.2 Å². The minimum absolute atomic E-state index is 0.0580. The first-order valence-corrected chi connectivity index (χ1v) is 9.93. The molecule has 8 heteroatoms. The molecular weight excluding hydrogens is 409 g/mol. The van der Waals surface area contributed by atoms with Crippen LogP contribution in [0.1, 0.15) is 44.7 Å². The van der Waals surface area contributed by atoms with Crippen molar-refractivity contribution in [2.45, 2.75) is 51.7 Å². The molecule has 0 aromatic heterocycles. The molecule has 0 bridgehead atoms. The number of benzene rings is 2. The highest BCUT2D eigenvalue weighted by Gasteiger charge is 2.38. The number of carbonyl (C=O) groups excluding carboxylic acids is 2. The first-order chi connectivity index (χ1) is 14.5. The lowest BCUT2D eigenvalue weighted by atomic mass is 9.87. The smallest absolute Gasteiger partial charge is 0.471 e. The van der Waals surface area contributed by atoms with Crippen LogP contribution in [-0.4, -0.2) is 24.6 Å². The molecule has 2 amide bonds. The van der Waals surface area contributed by atoms with E-state index in [0.29, 0.717) is 24.3 Å². The van der Waals surface area contributed by atoms with E-state index < -0.39 is 12.1 Å². The van der Waals surface area contributed by atoms with Gasteiger partial charge >= 0.3 is 12.1 Å². The van der Waals surface area contributed by atoms with Crippen LogP contribution < -0.4 is 15.4 Å². The zero-order valence-electron chi connectivity index (χ0n) is 17.8. The van der Waals surface area contributed by atoms with Crippen LogP contribution in [0, 0.1) is 0 Å². The summed E-state index contributed by atoms with van der Waals surface area (Å²) in [6.07, 6.45) is -4.30. The van der Waals surface area contributed by atoms with Crippen molar-refractivity contribution < 1.29 is 27.5 Å². The standard InChI is InChI=1S/C23H27F3N2O3/c1-22(2,3)17-10-12-18(13-11-17)31-14-6-9-20(29)28-19-8-5-4-7-16(19)15-27-21(30)23(24,25)26/h4-5,7-8,10-13H,6,9,14-15H2,1-3H3,(H,27,30)(H,28,29). The number of amides is 2. The number of carbonyl (C=O) groups is 2. The second-order valence-corrected chi connectivity index (χ2v) is 8.11. The van der Waals surface area contributed by atoms with Gasteiger partial charge in [0.25, 0.3) is 0 Å². The summed E-state index contributed by atoms with van der Waals surface area (Å²) in [5, 5.41) is 4.47. The molecule has 2 aromatic carbocycles. The van der Waals surface area contributed by atoms with E-state index in [9.17, 15) is 22.8 Å². The summed E-state index contributed by atoms with van der Waals surface area (Å²) < 4.78 is 42.7. The molecule has 0 saturated heterocycles. The third kappa shape index (κ3) is 7.96. The van der Waals surface area contributed by atoms with Crippen LogP contribution in [-0.2, 0) is 21.5 Å². The fourth-order valence-electron chi connectivity index (χ4n) is 2.76.